The fourth-order valence-corrected chi connectivity index (χ4v) is 1.44. The number of rotatable bonds is 2. The highest BCUT2D eigenvalue weighted by molar-refractivity contribution is 5.88. The monoisotopic (exact) mass is 217 g/mol. The molecule has 1 N–H and O–H groups in total. The number of hydrogen-bond donors (Lipinski definition) is 1. The van der Waals surface area contributed by atoms with Crippen molar-refractivity contribution in [3.63, 3.8) is 0 Å². The minimum Gasteiger partial charge on any atom is -0.478 e. The van der Waals surface area contributed by atoms with Gasteiger partial charge in [-0.2, -0.15) is 5.10 Å². The molecule has 0 saturated heterocycles. The van der Waals surface area contributed by atoms with E-state index in [-0.39, 0.29) is 5.56 Å². The van der Waals surface area contributed by atoms with Crippen LogP contribution in [0, 0.1) is 13.8 Å². The van der Waals surface area contributed by atoms with E-state index in [2.05, 4.69) is 10.1 Å². The molecule has 2 rings (SSSR count). The fraction of sp³-hybridized carbons (Fsp3) is 0.182. The van der Waals surface area contributed by atoms with Gasteiger partial charge >= 0.3 is 5.97 Å². The molecule has 2 aromatic heterocycles. The van der Waals surface area contributed by atoms with Crippen molar-refractivity contribution >= 4 is 5.97 Å². The van der Waals surface area contributed by atoms with Crippen LogP contribution in [0.5, 0.6) is 0 Å². The van der Waals surface area contributed by atoms with E-state index < -0.39 is 5.97 Å². The Morgan fingerprint density at radius 2 is 2.06 bits per heavy atom. The van der Waals surface area contributed by atoms with Crippen molar-refractivity contribution in [2.24, 2.45) is 0 Å². The van der Waals surface area contributed by atoms with Crippen molar-refractivity contribution in [2.45, 2.75) is 13.8 Å². The number of aryl methyl sites for hydroxylation is 1. The maximum absolute atomic E-state index is 10.8. The Bertz CT molecular complexity index is 529. The average Bonchev–Trinajstić information content (AvgIpc) is 2.61. The molecule has 2 heterocycles. The van der Waals surface area contributed by atoms with Gasteiger partial charge in [0, 0.05) is 6.20 Å². The van der Waals surface area contributed by atoms with E-state index in [0.717, 1.165) is 5.56 Å². The quantitative estimate of drug-likeness (QED) is 0.829. The lowest BCUT2D eigenvalue weighted by Crippen LogP contribution is -2.04. The highest BCUT2D eigenvalue weighted by atomic mass is 16.4. The van der Waals surface area contributed by atoms with Crippen molar-refractivity contribution in [2.75, 3.05) is 0 Å². The number of hydrogen-bond acceptors (Lipinski definition) is 3. The molecule has 82 valence electrons. The van der Waals surface area contributed by atoms with Crippen LogP contribution in [-0.4, -0.2) is 25.8 Å². The van der Waals surface area contributed by atoms with Gasteiger partial charge in [-0.15, -0.1) is 0 Å². The lowest BCUT2D eigenvalue weighted by molar-refractivity contribution is 0.0696. The fourth-order valence-electron chi connectivity index (χ4n) is 1.44. The second kappa shape index (κ2) is 3.77. The molecule has 0 aliphatic rings. The van der Waals surface area contributed by atoms with Crippen molar-refractivity contribution < 1.29 is 9.90 Å². The van der Waals surface area contributed by atoms with Crippen LogP contribution in [0.15, 0.2) is 24.5 Å². The summed E-state index contributed by atoms with van der Waals surface area (Å²) >= 11 is 0. The lowest BCUT2D eigenvalue weighted by Gasteiger charge is -2.03. The van der Waals surface area contributed by atoms with Gasteiger partial charge in [-0.3, -0.25) is 0 Å². The van der Waals surface area contributed by atoms with Gasteiger partial charge in [-0.1, -0.05) is 6.07 Å². The van der Waals surface area contributed by atoms with Gasteiger partial charge in [0.15, 0.2) is 5.82 Å². The third kappa shape index (κ3) is 1.67. The van der Waals surface area contributed by atoms with Crippen molar-refractivity contribution in [3.05, 3.63) is 41.3 Å². The SMILES string of the molecule is Cc1ccc(-n2ncc(C(=O)O)c2C)nc1. The van der Waals surface area contributed by atoms with Crippen LogP contribution in [-0.2, 0) is 0 Å². The number of aromatic carboxylic acids is 1. The summed E-state index contributed by atoms with van der Waals surface area (Å²) in [5.41, 5.74) is 1.82. The normalized spacial score (nSPS) is 10.4. The first-order valence-electron chi connectivity index (χ1n) is 4.80. The van der Waals surface area contributed by atoms with E-state index in [1.165, 1.54) is 10.9 Å². The van der Waals surface area contributed by atoms with Gasteiger partial charge in [0.05, 0.1) is 11.9 Å². The minimum absolute atomic E-state index is 0.197. The van der Waals surface area contributed by atoms with Gasteiger partial charge in [0.2, 0.25) is 0 Å². The first-order valence-corrected chi connectivity index (χ1v) is 4.80. The van der Waals surface area contributed by atoms with Crippen LogP contribution in [0.25, 0.3) is 5.82 Å². The summed E-state index contributed by atoms with van der Waals surface area (Å²) in [5.74, 6) is -0.355. The molecular weight excluding hydrogens is 206 g/mol. The standard InChI is InChI=1S/C11H11N3O2/c1-7-3-4-10(12-5-7)14-8(2)9(6-13-14)11(15)16/h3-6H,1-2H3,(H,15,16). The van der Waals surface area contributed by atoms with E-state index in [1.54, 1.807) is 19.2 Å². The van der Waals surface area contributed by atoms with Gasteiger partial charge in [-0.05, 0) is 25.5 Å². The Balaban J connectivity index is 2.49. The molecular formula is C11H11N3O2. The van der Waals surface area contributed by atoms with E-state index in [0.29, 0.717) is 11.5 Å². The summed E-state index contributed by atoms with van der Waals surface area (Å²) in [6.07, 6.45) is 3.05. The number of pyridine rings is 1. The largest absolute Gasteiger partial charge is 0.478 e. The molecule has 0 atom stereocenters. The summed E-state index contributed by atoms with van der Waals surface area (Å²) in [6.45, 7) is 3.65. The predicted octanol–water partition coefficient (Wildman–Crippen LogP) is 1.58. The molecule has 5 heteroatoms. The third-order valence-electron chi connectivity index (χ3n) is 2.35. The Hall–Kier alpha value is -2.17. The molecule has 2 aromatic rings. The molecule has 0 aromatic carbocycles. The lowest BCUT2D eigenvalue weighted by atomic mass is 10.2. The maximum Gasteiger partial charge on any atom is 0.339 e. The third-order valence-corrected chi connectivity index (χ3v) is 2.35. The topological polar surface area (TPSA) is 68.0 Å². The zero-order chi connectivity index (χ0) is 11.7. The van der Waals surface area contributed by atoms with Crippen molar-refractivity contribution in [1.82, 2.24) is 14.8 Å². The molecule has 0 bridgehead atoms. The number of nitrogens with zero attached hydrogens (tertiary/aromatic N) is 3. The molecule has 0 spiro atoms. The van der Waals surface area contributed by atoms with Crippen molar-refractivity contribution in [1.29, 1.82) is 0 Å². The Kier molecular flexibility index (Phi) is 2.44. The van der Waals surface area contributed by atoms with Crippen LogP contribution in [0.2, 0.25) is 0 Å². The minimum atomic E-state index is -0.976. The number of carboxylic acids is 1. The first kappa shape index (κ1) is 10.4. The highest BCUT2D eigenvalue weighted by Gasteiger charge is 2.13. The molecule has 0 unspecified atom stereocenters. The molecule has 0 radical (unpaired) electrons. The van der Waals surface area contributed by atoms with Crippen molar-refractivity contribution in [3.8, 4) is 5.82 Å². The highest BCUT2D eigenvalue weighted by Crippen LogP contribution is 2.12. The second-order valence-electron chi connectivity index (χ2n) is 3.55. The van der Waals surface area contributed by atoms with Gasteiger partial charge in [0.25, 0.3) is 0 Å². The second-order valence-corrected chi connectivity index (χ2v) is 3.55. The van der Waals surface area contributed by atoms with Crippen LogP contribution in [0.3, 0.4) is 0 Å². The summed E-state index contributed by atoms with van der Waals surface area (Å²) in [4.78, 5) is 15.0. The zero-order valence-electron chi connectivity index (χ0n) is 9.01. The summed E-state index contributed by atoms with van der Waals surface area (Å²) in [6, 6.07) is 3.71. The van der Waals surface area contributed by atoms with Gasteiger partial charge in [0.1, 0.15) is 5.56 Å². The van der Waals surface area contributed by atoms with Gasteiger partial charge in [-0.25, -0.2) is 14.5 Å². The molecule has 5 nitrogen and oxygen atoms in total. The summed E-state index contributed by atoms with van der Waals surface area (Å²) in [7, 11) is 0. The number of carboxylic acid groups (broad SMARTS) is 1. The maximum atomic E-state index is 10.8. The van der Waals surface area contributed by atoms with Crippen LogP contribution >= 0.6 is 0 Å². The number of carbonyl (C=O) groups is 1. The molecule has 0 amide bonds. The van der Waals surface area contributed by atoms with Crippen LogP contribution in [0.4, 0.5) is 0 Å². The van der Waals surface area contributed by atoms with E-state index >= 15 is 0 Å². The summed E-state index contributed by atoms with van der Waals surface area (Å²) < 4.78 is 1.52. The zero-order valence-corrected chi connectivity index (χ0v) is 9.01. The van der Waals surface area contributed by atoms with E-state index in [1.807, 2.05) is 13.0 Å². The smallest absolute Gasteiger partial charge is 0.339 e. The predicted molar refractivity (Wildman–Crippen MR) is 57.8 cm³/mol. The Labute approximate surface area is 92.4 Å². The van der Waals surface area contributed by atoms with Gasteiger partial charge < -0.3 is 5.11 Å². The van der Waals surface area contributed by atoms with Crippen LogP contribution < -0.4 is 0 Å². The Morgan fingerprint density at radius 3 is 2.56 bits per heavy atom. The Morgan fingerprint density at radius 1 is 1.31 bits per heavy atom. The molecule has 16 heavy (non-hydrogen) atoms. The van der Waals surface area contributed by atoms with E-state index in [4.69, 9.17) is 5.11 Å². The molecule has 0 fully saturated rings. The molecule has 0 aliphatic carbocycles. The first-order chi connectivity index (χ1) is 7.59. The summed E-state index contributed by atoms with van der Waals surface area (Å²) in [5, 5.41) is 12.9. The average molecular weight is 217 g/mol. The molecule has 0 aliphatic heterocycles. The van der Waals surface area contributed by atoms with Crippen LogP contribution in [0.1, 0.15) is 21.6 Å². The van der Waals surface area contributed by atoms with E-state index in [9.17, 15) is 4.79 Å². The number of aromatic nitrogens is 3. The molecule has 0 saturated carbocycles.